The summed E-state index contributed by atoms with van der Waals surface area (Å²) in [5.41, 5.74) is 0.539. The van der Waals surface area contributed by atoms with Crippen LogP contribution in [0.4, 0.5) is 5.69 Å². The van der Waals surface area contributed by atoms with Gasteiger partial charge in [0.1, 0.15) is 0 Å². The summed E-state index contributed by atoms with van der Waals surface area (Å²) >= 11 is 9.36. The Kier molecular flexibility index (Phi) is 4.33. The number of amides is 1. The van der Waals surface area contributed by atoms with Crippen molar-refractivity contribution in [1.82, 2.24) is 0 Å². The molecule has 0 aromatic heterocycles. The standard InChI is InChI=1S/C14H17BrClNO/c1-14(7-3-2-4-8-14)13(18)17-10-5-6-11(15)12(16)9-10/h5-6,9H,2-4,7-8H2,1H3,(H,17,18). The number of carbonyl (C=O) groups is 1. The second-order valence-corrected chi connectivity index (χ2v) is 6.47. The second kappa shape index (κ2) is 5.62. The van der Waals surface area contributed by atoms with Gasteiger partial charge >= 0.3 is 0 Å². The Labute approximate surface area is 121 Å². The summed E-state index contributed by atoms with van der Waals surface area (Å²) in [5.74, 6) is 0.112. The summed E-state index contributed by atoms with van der Waals surface area (Å²) in [4.78, 5) is 12.3. The van der Waals surface area contributed by atoms with Crippen LogP contribution in [0.3, 0.4) is 0 Å². The molecule has 1 N–H and O–H groups in total. The van der Waals surface area contributed by atoms with Crippen molar-refractivity contribution in [3.05, 3.63) is 27.7 Å². The molecule has 0 spiro atoms. The Hall–Kier alpha value is -0.540. The lowest BCUT2D eigenvalue weighted by atomic mass is 9.75. The molecule has 1 aliphatic carbocycles. The Morgan fingerprint density at radius 3 is 2.61 bits per heavy atom. The van der Waals surface area contributed by atoms with E-state index in [2.05, 4.69) is 28.2 Å². The minimum Gasteiger partial charge on any atom is -0.326 e. The Morgan fingerprint density at radius 1 is 1.33 bits per heavy atom. The molecule has 0 saturated heterocycles. The van der Waals surface area contributed by atoms with Crippen molar-refractivity contribution in [3.8, 4) is 0 Å². The number of rotatable bonds is 2. The van der Waals surface area contributed by atoms with Gasteiger partial charge in [0, 0.05) is 15.6 Å². The van der Waals surface area contributed by atoms with Crippen LogP contribution >= 0.6 is 27.5 Å². The number of hydrogen-bond acceptors (Lipinski definition) is 1. The zero-order valence-corrected chi connectivity index (χ0v) is 12.8. The predicted octanol–water partition coefficient (Wildman–Crippen LogP) is 5.01. The van der Waals surface area contributed by atoms with Crippen molar-refractivity contribution in [2.45, 2.75) is 39.0 Å². The molecule has 1 amide bonds. The Morgan fingerprint density at radius 2 is 2.00 bits per heavy atom. The van der Waals surface area contributed by atoms with Gasteiger partial charge in [-0.2, -0.15) is 0 Å². The van der Waals surface area contributed by atoms with E-state index in [4.69, 9.17) is 11.6 Å². The summed E-state index contributed by atoms with van der Waals surface area (Å²) in [6, 6.07) is 5.48. The summed E-state index contributed by atoms with van der Waals surface area (Å²) in [5, 5.41) is 3.59. The monoisotopic (exact) mass is 329 g/mol. The Bertz CT molecular complexity index is 455. The lowest BCUT2D eigenvalue weighted by Gasteiger charge is -2.32. The third kappa shape index (κ3) is 3.07. The molecule has 1 saturated carbocycles. The molecule has 1 aliphatic rings. The lowest BCUT2D eigenvalue weighted by molar-refractivity contribution is -0.126. The molecule has 0 radical (unpaired) electrons. The maximum absolute atomic E-state index is 12.3. The maximum atomic E-state index is 12.3. The van der Waals surface area contributed by atoms with Crippen LogP contribution in [0.2, 0.25) is 5.02 Å². The van der Waals surface area contributed by atoms with Gasteiger partial charge in [0.2, 0.25) is 5.91 Å². The van der Waals surface area contributed by atoms with Crippen LogP contribution < -0.4 is 5.32 Å². The number of anilines is 1. The van der Waals surface area contributed by atoms with E-state index in [1.807, 2.05) is 12.1 Å². The van der Waals surface area contributed by atoms with E-state index in [0.29, 0.717) is 5.02 Å². The smallest absolute Gasteiger partial charge is 0.230 e. The molecule has 0 heterocycles. The van der Waals surface area contributed by atoms with Crippen molar-refractivity contribution in [1.29, 1.82) is 0 Å². The number of nitrogens with one attached hydrogen (secondary N) is 1. The molecular weight excluding hydrogens is 314 g/mol. The molecule has 18 heavy (non-hydrogen) atoms. The van der Waals surface area contributed by atoms with Gasteiger partial charge in [-0.05, 0) is 47.0 Å². The van der Waals surface area contributed by atoms with Crippen LogP contribution in [0.1, 0.15) is 39.0 Å². The van der Waals surface area contributed by atoms with E-state index in [-0.39, 0.29) is 11.3 Å². The van der Waals surface area contributed by atoms with E-state index in [1.54, 1.807) is 6.07 Å². The van der Waals surface area contributed by atoms with Crippen LogP contribution in [-0.4, -0.2) is 5.91 Å². The first-order chi connectivity index (χ1) is 8.51. The number of halogens is 2. The fourth-order valence-corrected chi connectivity index (χ4v) is 2.84. The molecule has 0 bridgehead atoms. The van der Waals surface area contributed by atoms with Crippen LogP contribution in [0.15, 0.2) is 22.7 Å². The van der Waals surface area contributed by atoms with Crippen molar-refractivity contribution >= 4 is 39.1 Å². The van der Waals surface area contributed by atoms with Crippen molar-refractivity contribution in [2.24, 2.45) is 5.41 Å². The molecule has 0 unspecified atom stereocenters. The SMILES string of the molecule is CC1(C(=O)Nc2ccc(Br)c(Cl)c2)CCCCC1. The van der Waals surface area contributed by atoms with E-state index in [1.165, 1.54) is 6.42 Å². The summed E-state index contributed by atoms with van der Waals surface area (Å²) in [6.07, 6.45) is 5.48. The highest BCUT2D eigenvalue weighted by atomic mass is 79.9. The minimum atomic E-state index is -0.224. The molecule has 1 fully saturated rings. The zero-order valence-electron chi connectivity index (χ0n) is 10.4. The quantitative estimate of drug-likeness (QED) is 0.811. The van der Waals surface area contributed by atoms with E-state index < -0.39 is 0 Å². The summed E-state index contributed by atoms with van der Waals surface area (Å²) in [6.45, 7) is 2.06. The van der Waals surface area contributed by atoms with Gasteiger partial charge in [0.15, 0.2) is 0 Å². The molecule has 2 nitrogen and oxygen atoms in total. The van der Waals surface area contributed by atoms with Gasteiger partial charge in [-0.25, -0.2) is 0 Å². The van der Waals surface area contributed by atoms with E-state index >= 15 is 0 Å². The predicted molar refractivity (Wildman–Crippen MR) is 79.0 cm³/mol. The Balaban J connectivity index is 2.08. The molecule has 1 aromatic rings. The first-order valence-electron chi connectivity index (χ1n) is 6.28. The number of benzene rings is 1. The average molecular weight is 331 g/mol. The van der Waals surface area contributed by atoms with Gasteiger partial charge in [-0.1, -0.05) is 37.8 Å². The largest absolute Gasteiger partial charge is 0.326 e. The van der Waals surface area contributed by atoms with Crippen LogP contribution in [0.25, 0.3) is 0 Å². The highest BCUT2D eigenvalue weighted by Crippen LogP contribution is 2.37. The van der Waals surface area contributed by atoms with E-state index in [0.717, 1.165) is 35.8 Å². The first-order valence-corrected chi connectivity index (χ1v) is 7.45. The van der Waals surface area contributed by atoms with E-state index in [9.17, 15) is 4.79 Å². The van der Waals surface area contributed by atoms with Gasteiger partial charge in [0.25, 0.3) is 0 Å². The van der Waals surface area contributed by atoms with Gasteiger partial charge in [-0.3, -0.25) is 4.79 Å². The highest BCUT2D eigenvalue weighted by molar-refractivity contribution is 9.10. The van der Waals surface area contributed by atoms with Crippen LogP contribution in [0, 0.1) is 5.41 Å². The second-order valence-electron chi connectivity index (χ2n) is 5.20. The molecule has 0 atom stereocenters. The lowest BCUT2D eigenvalue weighted by Crippen LogP contribution is -2.35. The van der Waals surface area contributed by atoms with Gasteiger partial charge in [0.05, 0.1) is 5.02 Å². The summed E-state index contributed by atoms with van der Waals surface area (Å²) in [7, 11) is 0. The van der Waals surface area contributed by atoms with Crippen molar-refractivity contribution in [3.63, 3.8) is 0 Å². The zero-order chi connectivity index (χ0) is 13.2. The van der Waals surface area contributed by atoms with Gasteiger partial charge < -0.3 is 5.32 Å². The number of hydrogen-bond donors (Lipinski definition) is 1. The van der Waals surface area contributed by atoms with Gasteiger partial charge in [-0.15, -0.1) is 0 Å². The fraction of sp³-hybridized carbons (Fsp3) is 0.500. The molecule has 4 heteroatoms. The highest BCUT2D eigenvalue weighted by Gasteiger charge is 2.34. The number of carbonyl (C=O) groups excluding carboxylic acids is 1. The molecule has 2 rings (SSSR count). The van der Waals surface area contributed by atoms with Crippen molar-refractivity contribution < 1.29 is 4.79 Å². The third-order valence-electron chi connectivity index (χ3n) is 3.68. The fourth-order valence-electron chi connectivity index (χ4n) is 2.42. The molecule has 1 aromatic carbocycles. The molecule has 98 valence electrons. The third-order valence-corrected chi connectivity index (χ3v) is 4.92. The topological polar surface area (TPSA) is 29.1 Å². The molecular formula is C14H17BrClNO. The average Bonchev–Trinajstić information content (AvgIpc) is 2.35. The van der Waals surface area contributed by atoms with Crippen LogP contribution in [0.5, 0.6) is 0 Å². The first kappa shape index (κ1) is 13.9. The summed E-state index contributed by atoms with van der Waals surface area (Å²) < 4.78 is 0.839. The van der Waals surface area contributed by atoms with Crippen molar-refractivity contribution in [2.75, 3.05) is 5.32 Å². The molecule has 0 aliphatic heterocycles. The van der Waals surface area contributed by atoms with Crippen LogP contribution in [-0.2, 0) is 4.79 Å². The normalized spacial score (nSPS) is 18.4. The minimum absolute atomic E-state index is 0.112. The maximum Gasteiger partial charge on any atom is 0.230 e.